The van der Waals surface area contributed by atoms with Crippen LogP contribution in [0.4, 0.5) is 5.69 Å². The molecule has 0 aliphatic carbocycles. The Bertz CT molecular complexity index is 709. The smallest absolute Gasteiger partial charge is 0.336 e. The Morgan fingerprint density at radius 3 is 2.71 bits per heavy atom. The van der Waals surface area contributed by atoms with Crippen molar-refractivity contribution < 1.29 is 19.2 Å². The fourth-order valence-electron chi connectivity index (χ4n) is 2.71. The molecule has 128 valence electrons. The van der Waals surface area contributed by atoms with Crippen molar-refractivity contribution in [2.45, 2.75) is 33.1 Å². The molecule has 24 heavy (non-hydrogen) atoms. The van der Waals surface area contributed by atoms with Crippen LogP contribution in [0.25, 0.3) is 0 Å². The van der Waals surface area contributed by atoms with Gasteiger partial charge in [0.05, 0.1) is 17.1 Å². The van der Waals surface area contributed by atoms with Crippen LogP contribution in [0.3, 0.4) is 0 Å². The first kappa shape index (κ1) is 17.7. The van der Waals surface area contributed by atoms with Gasteiger partial charge in [0.15, 0.2) is 0 Å². The molecule has 1 N–H and O–H groups in total. The number of hydrogen-bond donors (Lipinski definition) is 1. The maximum Gasteiger partial charge on any atom is 0.336 e. The second-order valence-electron chi connectivity index (χ2n) is 6.15. The predicted octanol–water partition coefficient (Wildman–Crippen LogP) is 2.67. The minimum Gasteiger partial charge on any atom is -0.462 e. The molecule has 0 bridgehead atoms. The Kier molecular flexibility index (Phi) is 5.33. The van der Waals surface area contributed by atoms with Gasteiger partial charge in [0, 0.05) is 29.7 Å². The SMILES string of the molecule is CC1=C(C(=O)OCC(C)C)C(c2ccccc2[N+](=O)[O-])CC(=O)N1. The molecule has 1 aromatic rings. The zero-order valence-electron chi connectivity index (χ0n) is 13.9. The van der Waals surface area contributed by atoms with Gasteiger partial charge in [-0.05, 0) is 12.8 Å². The van der Waals surface area contributed by atoms with Crippen LogP contribution >= 0.6 is 0 Å². The molecule has 0 saturated carbocycles. The van der Waals surface area contributed by atoms with E-state index in [0.717, 1.165) is 0 Å². The Labute approximate surface area is 139 Å². The molecule has 0 radical (unpaired) electrons. The van der Waals surface area contributed by atoms with Crippen molar-refractivity contribution in [1.29, 1.82) is 0 Å². The summed E-state index contributed by atoms with van der Waals surface area (Å²) in [4.78, 5) is 35.2. The van der Waals surface area contributed by atoms with Crippen molar-refractivity contribution in [2.24, 2.45) is 5.92 Å². The maximum absolute atomic E-state index is 12.5. The topological polar surface area (TPSA) is 98.5 Å². The lowest BCUT2D eigenvalue weighted by Crippen LogP contribution is -2.34. The number of carbonyl (C=O) groups excluding carboxylic acids is 2. The van der Waals surface area contributed by atoms with E-state index < -0.39 is 16.8 Å². The van der Waals surface area contributed by atoms with Crippen LogP contribution in [0, 0.1) is 16.0 Å². The van der Waals surface area contributed by atoms with Crippen LogP contribution in [0.5, 0.6) is 0 Å². The summed E-state index contributed by atoms with van der Waals surface area (Å²) in [5.74, 6) is -1.36. The molecule has 1 aliphatic heterocycles. The molecular weight excluding hydrogens is 312 g/mol. The Morgan fingerprint density at radius 1 is 1.42 bits per heavy atom. The molecule has 1 atom stereocenters. The fraction of sp³-hybridized carbons (Fsp3) is 0.412. The van der Waals surface area contributed by atoms with Gasteiger partial charge in [-0.15, -0.1) is 0 Å². The number of amides is 1. The predicted molar refractivity (Wildman–Crippen MR) is 87.1 cm³/mol. The van der Waals surface area contributed by atoms with Crippen molar-refractivity contribution in [2.75, 3.05) is 6.61 Å². The van der Waals surface area contributed by atoms with Crippen LogP contribution in [-0.4, -0.2) is 23.4 Å². The highest BCUT2D eigenvalue weighted by Gasteiger charge is 2.36. The van der Waals surface area contributed by atoms with Crippen molar-refractivity contribution in [3.05, 3.63) is 51.2 Å². The fourth-order valence-corrected chi connectivity index (χ4v) is 2.71. The number of nitrogens with one attached hydrogen (secondary N) is 1. The standard InChI is InChI=1S/C17H20N2O5/c1-10(2)9-24-17(21)16-11(3)18-15(20)8-13(16)12-6-4-5-7-14(12)19(22)23/h4-7,10,13H,8-9H2,1-3H3,(H,18,20). The molecule has 2 rings (SSSR count). The zero-order valence-corrected chi connectivity index (χ0v) is 13.9. The van der Waals surface area contributed by atoms with Crippen LogP contribution in [0.1, 0.15) is 38.7 Å². The molecule has 0 spiro atoms. The first-order valence-electron chi connectivity index (χ1n) is 7.72. The van der Waals surface area contributed by atoms with Crippen LogP contribution in [-0.2, 0) is 14.3 Å². The minimum absolute atomic E-state index is 0.0334. The van der Waals surface area contributed by atoms with Crippen LogP contribution in [0.2, 0.25) is 0 Å². The Balaban J connectivity index is 2.46. The number of para-hydroxylation sites is 1. The third-order valence-corrected chi connectivity index (χ3v) is 3.75. The minimum atomic E-state index is -0.694. The van der Waals surface area contributed by atoms with Crippen molar-refractivity contribution >= 4 is 17.6 Å². The quantitative estimate of drug-likeness (QED) is 0.508. The largest absolute Gasteiger partial charge is 0.462 e. The van der Waals surface area contributed by atoms with Gasteiger partial charge >= 0.3 is 5.97 Å². The number of nitro groups is 1. The summed E-state index contributed by atoms with van der Waals surface area (Å²) in [6.45, 7) is 5.67. The number of rotatable bonds is 5. The lowest BCUT2D eigenvalue weighted by molar-refractivity contribution is -0.385. The van der Waals surface area contributed by atoms with Crippen molar-refractivity contribution in [1.82, 2.24) is 5.32 Å². The van der Waals surface area contributed by atoms with Gasteiger partial charge in [0.1, 0.15) is 0 Å². The highest BCUT2D eigenvalue weighted by Crippen LogP contribution is 2.37. The molecule has 1 heterocycles. The second-order valence-corrected chi connectivity index (χ2v) is 6.15. The molecule has 1 aromatic carbocycles. The van der Waals surface area contributed by atoms with E-state index in [1.807, 2.05) is 13.8 Å². The Morgan fingerprint density at radius 2 is 2.08 bits per heavy atom. The average Bonchev–Trinajstić information content (AvgIpc) is 2.51. The van der Waals surface area contributed by atoms with E-state index in [4.69, 9.17) is 4.74 Å². The van der Waals surface area contributed by atoms with Gasteiger partial charge in [0.25, 0.3) is 5.69 Å². The van der Waals surface area contributed by atoms with Crippen molar-refractivity contribution in [3.8, 4) is 0 Å². The van der Waals surface area contributed by atoms with Gasteiger partial charge in [0.2, 0.25) is 5.91 Å². The number of nitrogens with zero attached hydrogens (tertiary/aromatic N) is 1. The summed E-state index contributed by atoms with van der Waals surface area (Å²) >= 11 is 0. The van der Waals surface area contributed by atoms with Crippen LogP contribution in [0.15, 0.2) is 35.5 Å². The molecule has 7 nitrogen and oxygen atoms in total. The molecule has 7 heteroatoms. The number of hydrogen-bond acceptors (Lipinski definition) is 5. The molecule has 1 aliphatic rings. The lowest BCUT2D eigenvalue weighted by Gasteiger charge is -2.26. The van der Waals surface area contributed by atoms with Gasteiger partial charge < -0.3 is 10.1 Å². The first-order chi connectivity index (χ1) is 11.3. The number of allylic oxidation sites excluding steroid dienone is 1. The molecule has 0 aromatic heterocycles. The summed E-state index contributed by atoms with van der Waals surface area (Å²) in [5, 5.41) is 13.9. The Hall–Kier alpha value is -2.70. The summed E-state index contributed by atoms with van der Waals surface area (Å²) in [6.07, 6.45) is -0.0334. The van der Waals surface area contributed by atoms with Gasteiger partial charge in [-0.3, -0.25) is 14.9 Å². The number of ether oxygens (including phenoxy) is 1. The summed E-state index contributed by atoms with van der Waals surface area (Å²) in [5.41, 5.74) is 0.875. The van der Waals surface area contributed by atoms with E-state index >= 15 is 0 Å². The lowest BCUT2D eigenvalue weighted by atomic mass is 9.83. The molecule has 1 unspecified atom stereocenters. The van der Waals surface area contributed by atoms with Crippen LogP contribution < -0.4 is 5.32 Å². The number of benzene rings is 1. The molecule has 0 saturated heterocycles. The van der Waals surface area contributed by atoms with Gasteiger partial charge in [-0.2, -0.15) is 0 Å². The van der Waals surface area contributed by atoms with E-state index in [0.29, 0.717) is 11.3 Å². The number of esters is 1. The van der Waals surface area contributed by atoms with E-state index in [1.54, 1.807) is 25.1 Å². The average molecular weight is 332 g/mol. The normalized spacial score (nSPS) is 17.7. The van der Waals surface area contributed by atoms with Crippen molar-refractivity contribution in [3.63, 3.8) is 0 Å². The molecule has 1 amide bonds. The number of nitro benzene ring substituents is 1. The van der Waals surface area contributed by atoms with E-state index in [1.165, 1.54) is 6.07 Å². The maximum atomic E-state index is 12.5. The second kappa shape index (κ2) is 7.25. The van der Waals surface area contributed by atoms with Gasteiger partial charge in [-0.1, -0.05) is 32.0 Å². The van der Waals surface area contributed by atoms with Gasteiger partial charge in [-0.25, -0.2) is 4.79 Å². The zero-order chi connectivity index (χ0) is 17.9. The third kappa shape index (κ3) is 3.79. The highest BCUT2D eigenvalue weighted by atomic mass is 16.6. The number of carbonyl (C=O) groups is 2. The van der Waals surface area contributed by atoms with E-state index in [9.17, 15) is 19.7 Å². The van der Waals surface area contributed by atoms with E-state index in [-0.39, 0.29) is 36.1 Å². The molecular formula is C17H20N2O5. The monoisotopic (exact) mass is 332 g/mol. The van der Waals surface area contributed by atoms with E-state index in [2.05, 4.69) is 5.32 Å². The summed E-state index contributed by atoms with van der Waals surface area (Å²) in [6, 6.07) is 6.15. The molecule has 0 fully saturated rings. The highest BCUT2D eigenvalue weighted by molar-refractivity contribution is 5.96. The third-order valence-electron chi connectivity index (χ3n) is 3.75. The summed E-state index contributed by atoms with van der Waals surface area (Å²) in [7, 11) is 0. The first-order valence-corrected chi connectivity index (χ1v) is 7.72. The summed E-state index contributed by atoms with van der Waals surface area (Å²) < 4.78 is 5.28.